The Balaban J connectivity index is 5.24. The third-order valence-corrected chi connectivity index (χ3v) is 11.2. The molecule has 0 heterocycles. The van der Waals surface area contributed by atoms with Gasteiger partial charge in [-0.1, -0.05) is 182 Å². The van der Waals surface area contributed by atoms with Gasteiger partial charge in [-0.15, -0.1) is 0 Å². The quantitative estimate of drug-likeness (QED) is 0.0503. The van der Waals surface area contributed by atoms with Crippen LogP contribution in [0.15, 0.2) is 0 Å². The Hall–Kier alpha value is 0.0700. The third-order valence-electron chi connectivity index (χ3n) is 9.64. The molecule has 0 spiro atoms. The molecule has 2 atom stereocenters. The van der Waals surface area contributed by atoms with Crippen molar-refractivity contribution in [3.8, 4) is 0 Å². The number of nitrogens with one attached hydrogen (secondary N) is 2. The number of hydrogen-bond acceptors (Lipinski definition) is 4. The van der Waals surface area contributed by atoms with Gasteiger partial charge in [0.05, 0.1) is 13.2 Å². The van der Waals surface area contributed by atoms with Crippen molar-refractivity contribution in [1.82, 2.24) is 10.4 Å². The van der Waals surface area contributed by atoms with Gasteiger partial charge in [0.2, 0.25) is 0 Å². The van der Waals surface area contributed by atoms with E-state index in [1.165, 1.54) is 180 Å². The second kappa shape index (κ2) is 36.4. The van der Waals surface area contributed by atoms with Gasteiger partial charge in [0.1, 0.15) is 0 Å². The number of unbranched alkanes of at least 4 members (excludes halogenated alkanes) is 19. The Labute approximate surface area is 290 Å². The SMILES string of the molecule is CCCCCCCCC(CCCCCC)COP(=O)(NCCNCCCCCC)OCC(CCCCCC)CCCCCCCC. The molecule has 6 heteroatoms. The largest absolute Gasteiger partial charge is 0.405 e. The first-order chi connectivity index (χ1) is 22.5. The molecule has 2 N–H and O–H groups in total. The Kier molecular flexibility index (Phi) is 36.4. The minimum atomic E-state index is -3.38. The maximum absolute atomic E-state index is 14.3. The van der Waals surface area contributed by atoms with Crippen molar-refractivity contribution < 1.29 is 13.6 Å². The van der Waals surface area contributed by atoms with Gasteiger partial charge in [0.25, 0.3) is 0 Å². The van der Waals surface area contributed by atoms with Gasteiger partial charge in [-0.25, -0.2) is 9.65 Å². The molecular formula is C40H85N2O3P. The molecule has 0 aromatic carbocycles. The van der Waals surface area contributed by atoms with Crippen LogP contribution in [-0.4, -0.2) is 32.8 Å². The first-order valence-corrected chi connectivity index (χ1v) is 22.4. The van der Waals surface area contributed by atoms with Crippen molar-refractivity contribution >= 4 is 7.75 Å². The summed E-state index contributed by atoms with van der Waals surface area (Å²) in [5, 5.41) is 6.82. The van der Waals surface area contributed by atoms with E-state index < -0.39 is 7.75 Å². The van der Waals surface area contributed by atoms with Crippen molar-refractivity contribution in [2.45, 2.75) is 214 Å². The summed E-state index contributed by atoms with van der Waals surface area (Å²) in [4.78, 5) is 0. The average molecular weight is 673 g/mol. The molecule has 0 saturated heterocycles. The van der Waals surface area contributed by atoms with Gasteiger partial charge in [-0.05, 0) is 50.5 Å². The van der Waals surface area contributed by atoms with E-state index in [0.29, 0.717) is 31.6 Å². The van der Waals surface area contributed by atoms with E-state index in [-0.39, 0.29) is 0 Å². The molecule has 0 aliphatic carbocycles. The van der Waals surface area contributed by atoms with E-state index in [2.05, 4.69) is 45.0 Å². The third kappa shape index (κ3) is 31.3. The van der Waals surface area contributed by atoms with Crippen molar-refractivity contribution in [3.63, 3.8) is 0 Å². The topological polar surface area (TPSA) is 59.6 Å². The van der Waals surface area contributed by atoms with Crippen molar-refractivity contribution in [3.05, 3.63) is 0 Å². The average Bonchev–Trinajstić information content (AvgIpc) is 3.06. The van der Waals surface area contributed by atoms with Crippen LogP contribution in [0.2, 0.25) is 0 Å². The molecule has 2 unspecified atom stereocenters. The fourth-order valence-electron chi connectivity index (χ4n) is 6.39. The Bertz CT molecular complexity index is 596. The number of rotatable bonds is 39. The van der Waals surface area contributed by atoms with Crippen molar-refractivity contribution in [1.29, 1.82) is 0 Å². The highest BCUT2D eigenvalue weighted by molar-refractivity contribution is 7.51. The summed E-state index contributed by atoms with van der Waals surface area (Å²) in [5.74, 6) is 0.929. The van der Waals surface area contributed by atoms with E-state index in [9.17, 15) is 4.57 Å². The molecule has 278 valence electrons. The lowest BCUT2D eigenvalue weighted by atomic mass is 9.95. The van der Waals surface area contributed by atoms with Crippen LogP contribution < -0.4 is 10.4 Å². The normalized spacial score (nSPS) is 14.5. The lowest BCUT2D eigenvalue weighted by Gasteiger charge is -2.25. The molecule has 0 saturated carbocycles. The van der Waals surface area contributed by atoms with Crippen LogP contribution in [0.25, 0.3) is 0 Å². The van der Waals surface area contributed by atoms with E-state index in [1.807, 2.05) is 0 Å². The Morgan fingerprint density at radius 3 is 1.13 bits per heavy atom. The van der Waals surface area contributed by atoms with Crippen molar-refractivity contribution in [2.24, 2.45) is 11.8 Å². The Morgan fingerprint density at radius 2 is 0.739 bits per heavy atom. The molecule has 0 aromatic heterocycles. The van der Waals surface area contributed by atoms with E-state index >= 15 is 0 Å². The van der Waals surface area contributed by atoms with Crippen LogP contribution in [0.4, 0.5) is 0 Å². The van der Waals surface area contributed by atoms with Crippen LogP contribution >= 0.6 is 7.75 Å². The second-order valence-corrected chi connectivity index (χ2v) is 16.2. The smallest absolute Gasteiger partial charge is 0.315 e. The highest BCUT2D eigenvalue weighted by Gasteiger charge is 2.27. The molecule has 0 amide bonds. The van der Waals surface area contributed by atoms with Gasteiger partial charge in [-0.3, -0.25) is 9.05 Å². The zero-order valence-electron chi connectivity index (χ0n) is 32.2. The molecule has 0 fully saturated rings. The van der Waals surface area contributed by atoms with Gasteiger partial charge < -0.3 is 5.32 Å². The van der Waals surface area contributed by atoms with Crippen LogP contribution in [0.1, 0.15) is 214 Å². The zero-order chi connectivity index (χ0) is 33.8. The summed E-state index contributed by atoms with van der Waals surface area (Å²) in [7, 11) is -3.38. The molecule has 0 rings (SSSR count). The maximum Gasteiger partial charge on any atom is 0.405 e. The monoisotopic (exact) mass is 673 g/mol. The van der Waals surface area contributed by atoms with E-state index in [0.717, 1.165) is 13.1 Å². The van der Waals surface area contributed by atoms with Gasteiger partial charge in [-0.2, -0.15) is 0 Å². The predicted octanol–water partition coefficient (Wildman–Crippen LogP) is 13.6. The fraction of sp³-hybridized carbons (Fsp3) is 1.00. The lowest BCUT2D eigenvalue weighted by Crippen LogP contribution is -2.28. The summed E-state index contributed by atoms with van der Waals surface area (Å²) < 4.78 is 27.0. The van der Waals surface area contributed by atoms with Crippen molar-refractivity contribution in [2.75, 3.05) is 32.8 Å². The molecule has 5 nitrogen and oxygen atoms in total. The molecule has 0 aliphatic heterocycles. The van der Waals surface area contributed by atoms with Crippen LogP contribution in [0, 0.1) is 11.8 Å². The minimum absolute atomic E-state index is 0.464. The summed E-state index contributed by atoms with van der Waals surface area (Å²) in [6, 6.07) is 0. The minimum Gasteiger partial charge on any atom is -0.315 e. The van der Waals surface area contributed by atoms with Crippen LogP contribution in [-0.2, 0) is 13.6 Å². The van der Waals surface area contributed by atoms with Crippen LogP contribution in [0.3, 0.4) is 0 Å². The molecular weight excluding hydrogens is 587 g/mol. The number of hydrogen-bond donors (Lipinski definition) is 2. The summed E-state index contributed by atoms with van der Waals surface area (Å²) in [6.07, 6.45) is 35.7. The Morgan fingerprint density at radius 1 is 0.413 bits per heavy atom. The highest BCUT2D eigenvalue weighted by atomic mass is 31.2. The first kappa shape index (κ1) is 46.1. The predicted molar refractivity (Wildman–Crippen MR) is 205 cm³/mol. The van der Waals surface area contributed by atoms with E-state index in [1.54, 1.807) is 0 Å². The first-order valence-electron chi connectivity index (χ1n) is 20.9. The van der Waals surface area contributed by atoms with Gasteiger partial charge in [0, 0.05) is 13.1 Å². The maximum atomic E-state index is 14.3. The van der Waals surface area contributed by atoms with E-state index in [4.69, 9.17) is 9.05 Å². The molecule has 0 bridgehead atoms. The lowest BCUT2D eigenvalue weighted by molar-refractivity contribution is 0.140. The van der Waals surface area contributed by atoms with Gasteiger partial charge in [0.15, 0.2) is 0 Å². The fourth-order valence-corrected chi connectivity index (χ4v) is 7.84. The van der Waals surface area contributed by atoms with Crippen LogP contribution in [0.5, 0.6) is 0 Å². The standard InChI is InChI=1S/C40H85N2O3P/c1-6-11-16-21-23-27-32-39(30-25-18-13-8-3)37-44-46(43,42-36-35-41-34-29-20-15-10-5)45-38-40(31-26-19-14-9-4)33-28-24-22-17-12-7-2/h39-41H,6-38H2,1-5H3,(H,42,43). The zero-order valence-corrected chi connectivity index (χ0v) is 33.1. The van der Waals surface area contributed by atoms with Gasteiger partial charge >= 0.3 is 7.75 Å². The second-order valence-electron chi connectivity index (χ2n) is 14.4. The summed E-state index contributed by atoms with van der Waals surface area (Å²) in [5.41, 5.74) is 0. The summed E-state index contributed by atoms with van der Waals surface area (Å²) in [6.45, 7) is 14.9. The molecule has 46 heavy (non-hydrogen) atoms. The highest BCUT2D eigenvalue weighted by Crippen LogP contribution is 2.45. The molecule has 0 aromatic rings. The molecule has 0 aliphatic rings. The molecule has 0 radical (unpaired) electrons. The summed E-state index contributed by atoms with van der Waals surface area (Å²) >= 11 is 0.